The van der Waals surface area contributed by atoms with Crippen LogP contribution < -0.4 is 4.52 Å². The maximum atomic E-state index is 11.1. The van der Waals surface area contributed by atoms with Crippen molar-refractivity contribution >= 4 is 18.7 Å². The first kappa shape index (κ1) is 15.6. The SMILES string of the molecule is CCC1CN(CCc2c[nH]c3cccc(OP(=O)(O)O)c23)C1. The van der Waals surface area contributed by atoms with Crippen LogP contribution in [0, 0.1) is 5.92 Å². The predicted octanol–water partition coefficient (Wildman–Crippen LogP) is 2.52. The van der Waals surface area contributed by atoms with E-state index in [4.69, 9.17) is 14.3 Å². The van der Waals surface area contributed by atoms with Gasteiger partial charge in [-0.2, -0.15) is 0 Å². The third kappa shape index (κ3) is 3.36. The van der Waals surface area contributed by atoms with Gasteiger partial charge in [-0.3, -0.25) is 9.79 Å². The number of nitrogens with one attached hydrogen (secondary N) is 1. The standard InChI is InChI=1S/C15H21N2O4P/c1-2-11-9-17(10-11)7-6-12-8-16-13-4-3-5-14(15(12)13)21-22(18,19)20/h3-5,8,11,16H,2,6-7,9-10H2,1H3,(H2,18,19,20). The van der Waals surface area contributed by atoms with Gasteiger partial charge in [-0.1, -0.05) is 19.4 Å². The summed E-state index contributed by atoms with van der Waals surface area (Å²) in [5, 5.41) is 0.762. The summed E-state index contributed by atoms with van der Waals surface area (Å²) < 4.78 is 16.0. The molecule has 1 aromatic heterocycles. The highest BCUT2D eigenvalue weighted by atomic mass is 31.2. The maximum absolute atomic E-state index is 11.1. The first-order valence-corrected chi connectivity index (χ1v) is 9.06. The van der Waals surface area contributed by atoms with E-state index < -0.39 is 7.82 Å². The first-order valence-electron chi connectivity index (χ1n) is 7.52. The molecule has 0 amide bonds. The van der Waals surface area contributed by atoms with Crippen LogP contribution in [0.2, 0.25) is 0 Å². The Morgan fingerprint density at radius 3 is 2.86 bits per heavy atom. The Balaban J connectivity index is 1.77. The molecule has 7 heteroatoms. The number of rotatable bonds is 6. The van der Waals surface area contributed by atoms with Crippen LogP contribution in [0.5, 0.6) is 5.75 Å². The molecule has 0 bridgehead atoms. The second-order valence-electron chi connectivity index (χ2n) is 5.86. The topological polar surface area (TPSA) is 85.8 Å². The number of aromatic nitrogens is 1. The summed E-state index contributed by atoms with van der Waals surface area (Å²) in [4.78, 5) is 23.6. The molecule has 0 aliphatic carbocycles. The van der Waals surface area contributed by atoms with Gasteiger partial charge in [0.15, 0.2) is 0 Å². The normalized spacial score (nSPS) is 16.9. The lowest BCUT2D eigenvalue weighted by molar-refractivity contribution is 0.0995. The van der Waals surface area contributed by atoms with E-state index in [9.17, 15) is 4.57 Å². The third-order valence-corrected chi connectivity index (χ3v) is 4.71. The highest BCUT2D eigenvalue weighted by Gasteiger charge is 2.25. The van der Waals surface area contributed by atoms with E-state index in [0.717, 1.165) is 48.4 Å². The molecule has 1 saturated heterocycles. The van der Waals surface area contributed by atoms with Gasteiger partial charge in [0, 0.05) is 36.7 Å². The largest absolute Gasteiger partial charge is 0.524 e. The van der Waals surface area contributed by atoms with Gasteiger partial charge in [-0.05, 0) is 30.0 Å². The molecule has 3 N–H and O–H groups in total. The van der Waals surface area contributed by atoms with Crippen molar-refractivity contribution in [2.75, 3.05) is 19.6 Å². The number of nitrogens with zero attached hydrogens (tertiary/aromatic N) is 1. The van der Waals surface area contributed by atoms with Gasteiger partial charge >= 0.3 is 7.82 Å². The Kier molecular flexibility index (Phi) is 4.28. The van der Waals surface area contributed by atoms with Crippen molar-refractivity contribution in [2.24, 2.45) is 5.92 Å². The molecule has 2 heterocycles. The van der Waals surface area contributed by atoms with E-state index in [-0.39, 0.29) is 5.75 Å². The lowest BCUT2D eigenvalue weighted by Gasteiger charge is -2.38. The average Bonchev–Trinajstić information content (AvgIpc) is 2.80. The van der Waals surface area contributed by atoms with Crippen LogP contribution >= 0.6 is 7.82 Å². The number of hydrogen-bond acceptors (Lipinski definition) is 3. The minimum atomic E-state index is -4.56. The molecular weight excluding hydrogens is 303 g/mol. The summed E-state index contributed by atoms with van der Waals surface area (Å²) in [7, 11) is -4.56. The lowest BCUT2D eigenvalue weighted by atomic mass is 9.97. The molecule has 0 spiro atoms. The Hall–Kier alpha value is -1.33. The molecule has 120 valence electrons. The van der Waals surface area contributed by atoms with Crippen LogP contribution in [0.15, 0.2) is 24.4 Å². The molecule has 0 unspecified atom stereocenters. The second kappa shape index (κ2) is 6.05. The number of phosphoric acid groups is 1. The molecule has 1 fully saturated rings. The van der Waals surface area contributed by atoms with E-state index in [1.807, 2.05) is 12.3 Å². The number of fused-ring (bicyclic) bond motifs is 1. The van der Waals surface area contributed by atoms with Crippen LogP contribution in [-0.4, -0.2) is 39.3 Å². The third-order valence-electron chi connectivity index (χ3n) is 4.27. The minimum absolute atomic E-state index is 0.233. The fourth-order valence-corrected chi connectivity index (χ4v) is 3.43. The van der Waals surface area contributed by atoms with E-state index in [1.54, 1.807) is 12.1 Å². The molecule has 2 aromatic rings. The average molecular weight is 324 g/mol. The van der Waals surface area contributed by atoms with E-state index >= 15 is 0 Å². The first-order chi connectivity index (χ1) is 10.5. The quantitative estimate of drug-likeness (QED) is 0.711. The van der Waals surface area contributed by atoms with Crippen molar-refractivity contribution in [3.05, 3.63) is 30.0 Å². The molecule has 0 saturated carbocycles. The van der Waals surface area contributed by atoms with Crippen molar-refractivity contribution < 1.29 is 18.9 Å². The van der Waals surface area contributed by atoms with E-state index in [1.165, 1.54) is 6.42 Å². The van der Waals surface area contributed by atoms with Gasteiger partial charge < -0.3 is 14.4 Å². The molecule has 1 aromatic carbocycles. The molecule has 1 aliphatic rings. The highest BCUT2D eigenvalue weighted by Crippen LogP contribution is 2.41. The van der Waals surface area contributed by atoms with Gasteiger partial charge in [0.2, 0.25) is 0 Å². The van der Waals surface area contributed by atoms with Crippen molar-refractivity contribution in [1.82, 2.24) is 9.88 Å². The molecule has 0 radical (unpaired) electrons. The van der Waals surface area contributed by atoms with E-state index in [2.05, 4.69) is 16.8 Å². The second-order valence-corrected chi connectivity index (χ2v) is 7.02. The fraction of sp³-hybridized carbons (Fsp3) is 0.467. The van der Waals surface area contributed by atoms with Crippen molar-refractivity contribution in [1.29, 1.82) is 0 Å². The summed E-state index contributed by atoms with van der Waals surface area (Å²) in [5.41, 5.74) is 1.86. The molecular formula is C15H21N2O4P. The van der Waals surface area contributed by atoms with E-state index in [0.29, 0.717) is 0 Å². The zero-order valence-corrected chi connectivity index (χ0v) is 13.4. The van der Waals surface area contributed by atoms with Crippen molar-refractivity contribution in [3.63, 3.8) is 0 Å². The number of aromatic amines is 1. The van der Waals surface area contributed by atoms with Crippen LogP contribution in [0.4, 0.5) is 0 Å². The summed E-state index contributed by atoms with van der Waals surface area (Å²) >= 11 is 0. The smallest absolute Gasteiger partial charge is 0.404 e. The lowest BCUT2D eigenvalue weighted by Crippen LogP contribution is -2.46. The number of phosphoric ester groups is 1. The number of likely N-dealkylation sites (tertiary alicyclic amines) is 1. The van der Waals surface area contributed by atoms with Gasteiger partial charge in [-0.15, -0.1) is 0 Å². The molecule has 3 rings (SSSR count). The van der Waals surface area contributed by atoms with Crippen LogP contribution in [0.1, 0.15) is 18.9 Å². The van der Waals surface area contributed by atoms with Gasteiger partial charge in [0.05, 0.1) is 0 Å². The minimum Gasteiger partial charge on any atom is -0.404 e. The predicted molar refractivity (Wildman–Crippen MR) is 84.9 cm³/mol. The van der Waals surface area contributed by atoms with Crippen LogP contribution in [0.3, 0.4) is 0 Å². The molecule has 22 heavy (non-hydrogen) atoms. The molecule has 6 nitrogen and oxygen atoms in total. The number of hydrogen-bond donors (Lipinski definition) is 3. The zero-order chi connectivity index (χ0) is 15.7. The summed E-state index contributed by atoms with van der Waals surface area (Å²) in [5.74, 6) is 1.05. The van der Waals surface area contributed by atoms with Gasteiger partial charge in [0.1, 0.15) is 5.75 Å². The van der Waals surface area contributed by atoms with Crippen LogP contribution in [0.25, 0.3) is 10.9 Å². The van der Waals surface area contributed by atoms with Crippen LogP contribution in [-0.2, 0) is 11.0 Å². The van der Waals surface area contributed by atoms with Crippen molar-refractivity contribution in [3.8, 4) is 5.75 Å². The monoisotopic (exact) mass is 324 g/mol. The zero-order valence-electron chi connectivity index (χ0n) is 12.5. The summed E-state index contributed by atoms with van der Waals surface area (Å²) in [6.07, 6.45) is 3.95. The Bertz CT molecular complexity index is 703. The van der Waals surface area contributed by atoms with Gasteiger partial charge in [-0.25, -0.2) is 4.57 Å². The van der Waals surface area contributed by atoms with Crippen molar-refractivity contribution in [2.45, 2.75) is 19.8 Å². The van der Waals surface area contributed by atoms with Gasteiger partial charge in [0.25, 0.3) is 0 Å². The fourth-order valence-electron chi connectivity index (χ4n) is 3.02. The Labute approximate surface area is 129 Å². The number of H-pyrrole nitrogens is 1. The Morgan fingerprint density at radius 1 is 1.41 bits per heavy atom. The molecule has 0 atom stereocenters. The number of benzene rings is 1. The maximum Gasteiger partial charge on any atom is 0.524 e. The highest BCUT2D eigenvalue weighted by molar-refractivity contribution is 7.46. The molecule has 1 aliphatic heterocycles. The Morgan fingerprint density at radius 2 is 2.18 bits per heavy atom. The summed E-state index contributed by atoms with van der Waals surface area (Å²) in [6, 6.07) is 5.19. The summed E-state index contributed by atoms with van der Waals surface area (Å²) in [6.45, 7) is 5.45.